The fraction of sp³-hybridized carbons (Fsp3) is 0.594. The van der Waals surface area contributed by atoms with Gasteiger partial charge in [0.05, 0.1) is 0 Å². The van der Waals surface area contributed by atoms with Crippen LogP contribution in [0, 0.1) is 14.9 Å². The average molecular weight is 1330 g/mol. The summed E-state index contributed by atoms with van der Waals surface area (Å²) in [5.41, 5.74) is 12.0. The molecule has 0 bridgehead atoms. The molecule has 2 aliphatic carbocycles. The summed E-state index contributed by atoms with van der Waals surface area (Å²) in [6.07, 6.45) is 21.2. The Morgan fingerprint density at radius 3 is 0.792 bits per heavy atom. The molecule has 77 heavy (non-hydrogen) atoms. The number of aryl methyl sites for hydroxylation is 5. The van der Waals surface area contributed by atoms with E-state index in [2.05, 4.69) is 177 Å². The molecule has 0 saturated carbocycles. The van der Waals surface area contributed by atoms with E-state index in [1.54, 1.807) is 22.3 Å². The van der Waals surface area contributed by atoms with Crippen LogP contribution in [0.25, 0.3) is 0 Å². The number of fused-ring (bicyclic) bond motifs is 2. The molecule has 4 aromatic rings. The van der Waals surface area contributed by atoms with Gasteiger partial charge in [0.2, 0.25) is 0 Å². The molecule has 2 radical (unpaired) electrons. The molecule has 0 amide bonds. The Kier molecular flexibility index (Phi) is 140. The van der Waals surface area contributed by atoms with Crippen LogP contribution in [0.4, 0.5) is 0 Å². The average Bonchev–Trinajstić information content (AvgIpc) is 3.48. The number of nitrogens with zero attached hydrogens (tertiary/aromatic N) is 2. The van der Waals surface area contributed by atoms with E-state index in [-0.39, 0.29) is 53.8 Å². The molecular weight excluding hydrogens is 1190 g/mol. The normalized spacial score (nSPS) is 9.19. The minimum atomic E-state index is 0. The van der Waals surface area contributed by atoms with Gasteiger partial charge in [-0.15, -0.1) is 0 Å². The summed E-state index contributed by atoms with van der Waals surface area (Å²) in [5, 5.41) is 1.17. The fourth-order valence-corrected chi connectivity index (χ4v) is 7.59. The van der Waals surface area contributed by atoms with E-state index in [0.29, 0.717) is 0 Å². The summed E-state index contributed by atoms with van der Waals surface area (Å²) in [6.45, 7) is 56.5. The predicted molar refractivity (Wildman–Crippen MR) is 370 cm³/mol. The molecule has 0 fully saturated rings. The fourth-order valence-electron chi connectivity index (χ4n) is 4.91. The molecule has 2 aromatic heterocycles. The topological polar surface area (TPSA) is 7.76 Å². The van der Waals surface area contributed by atoms with Crippen LogP contribution >= 0.6 is 45.1 Å². The first-order valence-corrected chi connectivity index (χ1v) is 34.1. The van der Waals surface area contributed by atoms with Gasteiger partial charge in [0.25, 0.3) is 0 Å². The van der Waals surface area contributed by atoms with E-state index in [0.717, 1.165) is 12.4 Å². The van der Waals surface area contributed by atoms with Crippen molar-refractivity contribution in [2.45, 2.75) is 251 Å². The van der Waals surface area contributed by atoms with Gasteiger partial charge in [-0.3, -0.25) is 0 Å². The second-order valence-electron chi connectivity index (χ2n) is 14.6. The van der Waals surface area contributed by atoms with Crippen LogP contribution in [0.15, 0.2) is 132 Å². The molecule has 462 valence electrons. The zero-order valence-corrected chi connectivity index (χ0v) is 63.3. The van der Waals surface area contributed by atoms with Crippen LogP contribution in [0.2, 0.25) is 0 Å². The molecule has 2 heterocycles. The van der Waals surface area contributed by atoms with Gasteiger partial charge in [0.1, 0.15) is 6.54 Å². The predicted octanol–water partition coefficient (Wildman–Crippen LogP) is 24.3. The second-order valence-corrected chi connectivity index (χ2v) is 19.8. The first-order valence-electron chi connectivity index (χ1n) is 29.0. The van der Waals surface area contributed by atoms with E-state index < -0.39 is 0 Å². The molecule has 2 nitrogen and oxygen atoms in total. The quantitative estimate of drug-likeness (QED) is 0.0330. The number of allylic oxidation sites excluding steroid dienone is 4. The van der Waals surface area contributed by atoms with Gasteiger partial charge in [-0.2, -0.15) is 16.3 Å². The smallest absolute Gasteiger partial charge is 0.195 e. The van der Waals surface area contributed by atoms with Crippen LogP contribution < -0.4 is 9.13 Å². The van der Waals surface area contributed by atoms with Gasteiger partial charge in [-0.25, -0.2) is 4.57 Å². The standard InChI is InChI=1S/2C10H12.C8H12NS2.C7H10N.2C6H12.C4H10S2.8C2H6.2CH3.2Rh/c2*1-2-6-10-8-4-3-7-9(10)5-1;1-10-8-11-7-9-5-3-2-4-6-9;1-2-8-6-4-3-5-7-8;2*1-5(2)6(3)4;1-3-5-6-4-2;8*1-2;;;;/h2*1-2,5-6H,3-4,7-8H2;2-6H,7-8H2,1H3;3-7H,2H2,1H3;2*1-4H3;3-4H2,1-2H3;8*1-2H3;2*1H3;;/q;;2*+1;;;;;;;;;;;;2*-1;;. The van der Waals surface area contributed by atoms with Gasteiger partial charge in [-0.05, 0) is 142 Å². The molecule has 0 N–H and O–H groups in total. The van der Waals surface area contributed by atoms with Crippen molar-refractivity contribution in [3.63, 3.8) is 0 Å². The number of rotatable bonds is 8. The molecule has 0 unspecified atom stereocenters. The van der Waals surface area contributed by atoms with Gasteiger partial charge < -0.3 is 14.9 Å². The maximum atomic E-state index is 2.26. The van der Waals surface area contributed by atoms with Gasteiger partial charge in [0, 0.05) is 79.8 Å². The van der Waals surface area contributed by atoms with E-state index in [4.69, 9.17) is 0 Å². The molecule has 0 aliphatic heterocycles. The Morgan fingerprint density at radius 1 is 0.377 bits per heavy atom. The summed E-state index contributed by atoms with van der Waals surface area (Å²) < 4.78 is 4.31. The molecule has 8 heteroatoms. The third-order valence-corrected chi connectivity index (χ3v) is 13.8. The van der Waals surface area contributed by atoms with E-state index in [1.165, 1.54) is 90.2 Å². The molecule has 2 aliphatic rings. The Bertz CT molecular complexity index is 1440. The molecule has 0 spiro atoms. The molecule has 0 saturated heterocycles. The number of hydrogen-bond donors (Lipinski definition) is 0. The van der Waals surface area contributed by atoms with Crippen molar-refractivity contribution in [2.75, 3.05) is 22.8 Å². The zero-order valence-electron chi connectivity index (χ0n) is 56.8. The molecule has 6 rings (SSSR count). The van der Waals surface area contributed by atoms with Crippen molar-refractivity contribution in [3.8, 4) is 0 Å². The first kappa shape index (κ1) is 108. The maximum absolute atomic E-state index is 2.26. The van der Waals surface area contributed by atoms with Crippen molar-refractivity contribution in [1.29, 1.82) is 0 Å². The summed E-state index contributed by atoms with van der Waals surface area (Å²) in [4.78, 5) is 0. The van der Waals surface area contributed by atoms with Crippen molar-refractivity contribution in [2.24, 2.45) is 0 Å². The number of aromatic nitrogens is 2. The number of benzene rings is 2. The molecule has 0 atom stereocenters. The summed E-state index contributed by atoms with van der Waals surface area (Å²) in [7, 11) is 3.85. The summed E-state index contributed by atoms with van der Waals surface area (Å²) in [5.74, 6) is 3.53. The third-order valence-electron chi connectivity index (χ3n) is 9.20. The monoisotopic (exact) mass is 1320 g/mol. The summed E-state index contributed by atoms with van der Waals surface area (Å²) >= 11 is 3.80. The Balaban J connectivity index is -0.0000000540. The third kappa shape index (κ3) is 83.8. The van der Waals surface area contributed by atoms with E-state index in [1.807, 2.05) is 180 Å². The Morgan fingerprint density at radius 2 is 0.610 bits per heavy atom. The van der Waals surface area contributed by atoms with Crippen molar-refractivity contribution in [3.05, 3.63) is 169 Å². The van der Waals surface area contributed by atoms with Crippen LogP contribution in [0.3, 0.4) is 0 Å². The number of pyridine rings is 2. The maximum Gasteiger partial charge on any atom is 0.195 e. The first-order chi connectivity index (χ1) is 35.5. The SMILES string of the molecule is CC.CC.CC.CC.CC.CC.CC.CC.CC(C)=C(C)C.CC(C)=C(C)C.CCSSCC.CC[n+]1ccccc1.CSCSC[n+]1ccccc1.[CH3-].[CH3-].[Rh].[Rh].c1ccc2c(c1)CCCC2.c1ccc2c(c1)CCCC2. The Hall–Kier alpha value is -1.13. The minimum absolute atomic E-state index is 0. The van der Waals surface area contributed by atoms with Crippen molar-refractivity contribution in [1.82, 2.24) is 0 Å². The molecule has 2 aromatic carbocycles. The van der Waals surface area contributed by atoms with Gasteiger partial charge in [0.15, 0.2) is 30.7 Å². The van der Waals surface area contributed by atoms with Gasteiger partial charge in [-0.1, -0.05) is 241 Å². The van der Waals surface area contributed by atoms with Crippen LogP contribution in [-0.2, 0) is 77.1 Å². The largest absolute Gasteiger partial charge is 0.358 e. The summed E-state index contributed by atoms with van der Waals surface area (Å²) in [6, 6.07) is 29.8. The van der Waals surface area contributed by atoms with E-state index >= 15 is 0 Å². The Labute approximate surface area is 531 Å². The molecular formula is C69H134N2Rh2S4. The minimum Gasteiger partial charge on any atom is -0.358 e. The number of hydrogen-bond acceptors (Lipinski definition) is 4. The van der Waals surface area contributed by atoms with E-state index in [9.17, 15) is 0 Å². The van der Waals surface area contributed by atoms with Crippen molar-refractivity contribution < 1.29 is 48.1 Å². The van der Waals surface area contributed by atoms with Crippen LogP contribution in [0.1, 0.15) is 235 Å². The number of thioether (sulfide) groups is 2. The second kappa shape index (κ2) is 100. The van der Waals surface area contributed by atoms with Crippen LogP contribution in [-0.4, -0.2) is 22.8 Å². The van der Waals surface area contributed by atoms with Gasteiger partial charge >= 0.3 is 0 Å². The van der Waals surface area contributed by atoms with Crippen LogP contribution in [0.5, 0.6) is 0 Å². The van der Waals surface area contributed by atoms with Crippen molar-refractivity contribution >= 4 is 45.1 Å². The zero-order chi connectivity index (χ0) is 58.5.